The zero-order valence-corrected chi connectivity index (χ0v) is 13.7. The number of hydrogen-bond acceptors (Lipinski definition) is 3. The largest absolute Gasteiger partial charge is 0.349 e. The van der Waals surface area contributed by atoms with Crippen molar-refractivity contribution in [1.29, 1.82) is 0 Å². The first kappa shape index (κ1) is 17.0. The van der Waals surface area contributed by atoms with Gasteiger partial charge in [0.2, 0.25) is 11.8 Å². The minimum absolute atomic E-state index is 0.103. The van der Waals surface area contributed by atoms with E-state index in [0.717, 1.165) is 12.8 Å². The predicted molar refractivity (Wildman–Crippen MR) is 88.0 cm³/mol. The smallest absolute Gasteiger partial charge is 0.251 e. The first-order chi connectivity index (χ1) is 10.8. The van der Waals surface area contributed by atoms with Crippen molar-refractivity contribution in [2.75, 3.05) is 11.9 Å². The maximum absolute atomic E-state index is 12.0. The number of anilines is 1. The van der Waals surface area contributed by atoms with Gasteiger partial charge in [0.25, 0.3) is 5.91 Å². The highest BCUT2D eigenvalue weighted by Crippen LogP contribution is 2.20. The SMILES string of the molecule is CC(C)(C)C(=O)NCC(=O)Nc1cccc(C(=O)NC2CC2)c1. The Bertz CT molecular complexity index is 616. The van der Waals surface area contributed by atoms with E-state index in [2.05, 4.69) is 16.0 Å². The van der Waals surface area contributed by atoms with Gasteiger partial charge in [-0.3, -0.25) is 14.4 Å². The summed E-state index contributed by atoms with van der Waals surface area (Å²) >= 11 is 0. The zero-order valence-electron chi connectivity index (χ0n) is 13.7. The van der Waals surface area contributed by atoms with Crippen LogP contribution < -0.4 is 16.0 Å². The Kier molecular flexibility index (Phi) is 5.03. The van der Waals surface area contributed by atoms with Gasteiger partial charge in [0.1, 0.15) is 0 Å². The Balaban J connectivity index is 1.88. The second-order valence-electron chi connectivity index (χ2n) is 6.81. The van der Waals surface area contributed by atoms with Gasteiger partial charge in [-0.2, -0.15) is 0 Å². The van der Waals surface area contributed by atoms with E-state index in [1.54, 1.807) is 45.0 Å². The van der Waals surface area contributed by atoms with Gasteiger partial charge < -0.3 is 16.0 Å². The quantitative estimate of drug-likeness (QED) is 0.772. The van der Waals surface area contributed by atoms with Crippen LogP contribution in [0.1, 0.15) is 44.0 Å². The summed E-state index contributed by atoms with van der Waals surface area (Å²) in [5, 5.41) is 8.16. The van der Waals surface area contributed by atoms with Gasteiger partial charge in [-0.25, -0.2) is 0 Å². The summed E-state index contributed by atoms with van der Waals surface area (Å²) in [6, 6.07) is 7.03. The minimum Gasteiger partial charge on any atom is -0.349 e. The van der Waals surface area contributed by atoms with Crippen LogP contribution in [0.4, 0.5) is 5.69 Å². The van der Waals surface area contributed by atoms with Crippen LogP contribution in [0.3, 0.4) is 0 Å². The summed E-state index contributed by atoms with van der Waals surface area (Å²) in [6.45, 7) is 5.24. The second-order valence-corrected chi connectivity index (χ2v) is 6.81. The average molecular weight is 317 g/mol. The van der Waals surface area contributed by atoms with Crippen LogP contribution in [-0.4, -0.2) is 30.3 Å². The van der Waals surface area contributed by atoms with Crippen LogP contribution in [0.2, 0.25) is 0 Å². The van der Waals surface area contributed by atoms with Crippen molar-refractivity contribution in [2.45, 2.75) is 39.7 Å². The van der Waals surface area contributed by atoms with Gasteiger partial charge in [0.15, 0.2) is 0 Å². The molecule has 0 heterocycles. The summed E-state index contributed by atoms with van der Waals surface area (Å²) in [5.41, 5.74) is 0.498. The summed E-state index contributed by atoms with van der Waals surface area (Å²) in [7, 11) is 0. The summed E-state index contributed by atoms with van der Waals surface area (Å²) < 4.78 is 0. The van der Waals surface area contributed by atoms with E-state index in [-0.39, 0.29) is 30.3 Å². The standard InChI is InChI=1S/C17H23N3O3/c1-17(2,3)16(23)18-10-14(21)19-13-6-4-5-11(9-13)15(22)20-12-7-8-12/h4-6,9,12H,7-8,10H2,1-3H3,(H,18,23)(H,19,21)(H,20,22). The molecule has 0 unspecified atom stereocenters. The fourth-order valence-electron chi connectivity index (χ4n) is 1.87. The van der Waals surface area contributed by atoms with Crippen molar-refractivity contribution in [3.05, 3.63) is 29.8 Å². The number of carbonyl (C=O) groups is 3. The van der Waals surface area contributed by atoms with Gasteiger partial charge in [0.05, 0.1) is 6.54 Å². The Morgan fingerprint density at radius 3 is 2.48 bits per heavy atom. The molecular formula is C17H23N3O3. The highest BCUT2D eigenvalue weighted by molar-refractivity contribution is 5.98. The van der Waals surface area contributed by atoms with Gasteiger partial charge in [-0.05, 0) is 31.0 Å². The molecular weight excluding hydrogens is 294 g/mol. The lowest BCUT2D eigenvalue weighted by Crippen LogP contribution is -2.39. The average Bonchev–Trinajstić information content (AvgIpc) is 3.28. The first-order valence-electron chi connectivity index (χ1n) is 7.75. The summed E-state index contributed by atoms with van der Waals surface area (Å²) in [4.78, 5) is 35.6. The molecule has 124 valence electrons. The fraction of sp³-hybridized carbons (Fsp3) is 0.471. The molecule has 1 fully saturated rings. The molecule has 0 atom stereocenters. The maximum atomic E-state index is 12.0. The molecule has 0 spiro atoms. The molecule has 1 aliphatic carbocycles. The fourth-order valence-corrected chi connectivity index (χ4v) is 1.87. The summed E-state index contributed by atoms with van der Waals surface area (Å²) in [6.07, 6.45) is 2.05. The highest BCUT2D eigenvalue weighted by Gasteiger charge is 2.24. The van der Waals surface area contributed by atoms with Crippen LogP contribution in [0, 0.1) is 5.41 Å². The molecule has 1 aromatic carbocycles. The van der Waals surface area contributed by atoms with Crippen LogP contribution >= 0.6 is 0 Å². The van der Waals surface area contributed by atoms with Crippen LogP contribution in [0.5, 0.6) is 0 Å². The molecule has 6 nitrogen and oxygen atoms in total. The van der Waals surface area contributed by atoms with Gasteiger partial charge in [0, 0.05) is 22.7 Å². The van der Waals surface area contributed by atoms with E-state index in [4.69, 9.17) is 0 Å². The second kappa shape index (κ2) is 6.81. The van der Waals surface area contributed by atoms with Crippen molar-refractivity contribution < 1.29 is 14.4 Å². The van der Waals surface area contributed by atoms with Crippen molar-refractivity contribution in [2.24, 2.45) is 5.41 Å². The van der Waals surface area contributed by atoms with Crippen LogP contribution in [0.25, 0.3) is 0 Å². The molecule has 1 saturated carbocycles. The van der Waals surface area contributed by atoms with Gasteiger partial charge in [-0.1, -0.05) is 26.8 Å². The third-order valence-electron chi connectivity index (χ3n) is 3.41. The zero-order chi connectivity index (χ0) is 17.0. The number of hydrogen-bond donors (Lipinski definition) is 3. The monoisotopic (exact) mass is 317 g/mol. The molecule has 0 aromatic heterocycles. The number of nitrogens with one attached hydrogen (secondary N) is 3. The first-order valence-corrected chi connectivity index (χ1v) is 7.75. The number of carbonyl (C=O) groups excluding carboxylic acids is 3. The van der Waals surface area contributed by atoms with Crippen molar-refractivity contribution in [3.8, 4) is 0 Å². The lowest BCUT2D eigenvalue weighted by Gasteiger charge is -2.17. The third kappa shape index (κ3) is 5.39. The molecule has 0 aliphatic heterocycles. The summed E-state index contributed by atoms with van der Waals surface area (Å²) in [5.74, 6) is -0.655. The van der Waals surface area contributed by atoms with Gasteiger partial charge in [-0.15, -0.1) is 0 Å². The lowest BCUT2D eigenvalue weighted by molar-refractivity contribution is -0.130. The minimum atomic E-state index is -0.541. The Morgan fingerprint density at radius 1 is 1.17 bits per heavy atom. The molecule has 1 aromatic rings. The maximum Gasteiger partial charge on any atom is 0.251 e. The van der Waals surface area contributed by atoms with Crippen molar-refractivity contribution >= 4 is 23.4 Å². The van der Waals surface area contributed by atoms with Crippen molar-refractivity contribution in [3.63, 3.8) is 0 Å². The van der Waals surface area contributed by atoms with Crippen molar-refractivity contribution in [1.82, 2.24) is 10.6 Å². The molecule has 3 N–H and O–H groups in total. The third-order valence-corrected chi connectivity index (χ3v) is 3.41. The lowest BCUT2D eigenvalue weighted by atomic mass is 9.96. The molecule has 6 heteroatoms. The molecule has 3 amide bonds. The van der Waals surface area contributed by atoms with Crippen LogP contribution in [0.15, 0.2) is 24.3 Å². The Hall–Kier alpha value is -2.37. The predicted octanol–water partition coefficient (Wildman–Crippen LogP) is 1.68. The normalized spacial score (nSPS) is 14.0. The van der Waals surface area contributed by atoms with E-state index < -0.39 is 5.41 Å². The van der Waals surface area contributed by atoms with E-state index in [1.165, 1.54) is 0 Å². The van der Waals surface area contributed by atoms with E-state index in [9.17, 15) is 14.4 Å². The number of rotatable bonds is 5. The van der Waals surface area contributed by atoms with Crippen LogP contribution in [-0.2, 0) is 9.59 Å². The molecule has 1 aliphatic rings. The van der Waals surface area contributed by atoms with Gasteiger partial charge >= 0.3 is 0 Å². The number of benzene rings is 1. The van der Waals surface area contributed by atoms with E-state index >= 15 is 0 Å². The van der Waals surface area contributed by atoms with E-state index in [1.807, 2.05) is 0 Å². The molecule has 23 heavy (non-hydrogen) atoms. The topological polar surface area (TPSA) is 87.3 Å². The molecule has 0 saturated heterocycles. The Morgan fingerprint density at radius 2 is 1.87 bits per heavy atom. The van der Waals surface area contributed by atoms with E-state index in [0.29, 0.717) is 11.3 Å². The number of amides is 3. The molecule has 0 radical (unpaired) electrons. The molecule has 0 bridgehead atoms. The highest BCUT2D eigenvalue weighted by atomic mass is 16.2. The Labute approximate surface area is 136 Å². The molecule has 2 rings (SSSR count).